The Morgan fingerprint density at radius 3 is 3.12 bits per heavy atom. The monoisotopic (exact) mass is 223 g/mol. The Morgan fingerprint density at radius 2 is 2.24 bits per heavy atom. The lowest BCUT2D eigenvalue weighted by Gasteiger charge is -2.07. The summed E-state index contributed by atoms with van der Waals surface area (Å²) in [6.07, 6.45) is 3.55. The number of nitrogens with zero attached hydrogens (tertiary/aromatic N) is 1. The van der Waals surface area contributed by atoms with E-state index < -0.39 is 0 Å². The van der Waals surface area contributed by atoms with Gasteiger partial charge in [0.1, 0.15) is 11.5 Å². The Morgan fingerprint density at radius 1 is 1.29 bits per heavy atom. The number of benzene rings is 1. The second-order valence-corrected chi connectivity index (χ2v) is 3.83. The Bertz CT molecular complexity index is 658. The highest BCUT2D eigenvalue weighted by Gasteiger charge is 2.02. The van der Waals surface area contributed by atoms with Crippen LogP contribution in [0.4, 0.5) is 0 Å². The van der Waals surface area contributed by atoms with Gasteiger partial charge in [-0.3, -0.25) is 4.98 Å². The quantitative estimate of drug-likeness (QED) is 0.722. The Labute approximate surface area is 99.1 Å². The summed E-state index contributed by atoms with van der Waals surface area (Å²) in [5.74, 6) is 1.58. The van der Waals surface area contributed by atoms with E-state index >= 15 is 0 Å². The van der Waals surface area contributed by atoms with Gasteiger partial charge in [0.05, 0.1) is 5.69 Å². The summed E-state index contributed by atoms with van der Waals surface area (Å²) in [5.41, 5.74) is 1.90. The van der Waals surface area contributed by atoms with E-state index in [1.165, 1.54) is 0 Å². The van der Waals surface area contributed by atoms with Crippen molar-refractivity contribution in [3.8, 4) is 11.5 Å². The summed E-state index contributed by atoms with van der Waals surface area (Å²) in [5, 5.41) is 1.06. The van der Waals surface area contributed by atoms with Gasteiger partial charge in [0.25, 0.3) is 0 Å². The molecule has 0 bridgehead atoms. The van der Waals surface area contributed by atoms with Crippen LogP contribution in [0.1, 0.15) is 5.69 Å². The molecule has 0 aliphatic heterocycles. The first kappa shape index (κ1) is 9.90. The highest BCUT2D eigenvalue weighted by Crippen LogP contribution is 2.26. The number of nitrogens with one attached hydrogen (secondary N) is 1. The molecule has 1 aromatic carbocycles. The van der Waals surface area contributed by atoms with E-state index in [0.717, 1.165) is 28.1 Å². The number of fused-ring (bicyclic) bond motifs is 1. The van der Waals surface area contributed by atoms with Gasteiger partial charge in [-0.15, -0.1) is 0 Å². The highest BCUT2D eigenvalue weighted by molar-refractivity contribution is 5.80. The average molecular weight is 223 g/mol. The molecular weight excluding hydrogens is 212 g/mol. The molecule has 17 heavy (non-hydrogen) atoms. The fraction of sp³-hybridized carbons (Fsp3) is 0.0714. The first-order valence-corrected chi connectivity index (χ1v) is 5.41. The number of ether oxygens (including phenoxy) is 1. The zero-order valence-corrected chi connectivity index (χ0v) is 9.40. The van der Waals surface area contributed by atoms with E-state index in [1.54, 1.807) is 12.4 Å². The zero-order valence-electron chi connectivity index (χ0n) is 9.40. The maximum atomic E-state index is 5.79. The minimum absolute atomic E-state index is 0.780. The summed E-state index contributed by atoms with van der Waals surface area (Å²) in [7, 11) is 0. The van der Waals surface area contributed by atoms with E-state index in [2.05, 4.69) is 16.0 Å². The van der Waals surface area contributed by atoms with Gasteiger partial charge in [-0.05, 0) is 31.2 Å². The summed E-state index contributed by atoms with van der Waals surface area (Å²) in [4.78, 5) is 7.30. The number of pyridine rings is 1. The molecule has 83 valence electrons. The predicted octanol–water partition coefficient (Wildman–Crippen LogP) is 3.46. The van der Waals surface area contributed by atoms with Crippen molar-refractivity contribution in [1.29, 1.82) is 0 Å². The number of H-pyrrole nitrogens is 1. The van der Waals surface area contributed by atoms with Gasteiger partial charge in [-0.25, -0.2) is 0 Å². The van der Waals surface area contributed by atoms with Crippen molar-refractivity contribution in [2.24, 2.45) is 0 Å². The molecule has 2 heterocycles. The van der Waals surface area contributed by atoms with Gasteiger partial charge in [-0.1, -0.05) is 0 Å². The van der Waals surface area contributed by atoms with E-state index in [0.29, 0.717) is 0 Å². The number of aromatic amines is 1. The van der Waals surface area contributed by atoms with Crippen LogP contribution < -0.4 is 4.74 Å². The van der Waals surface area contributed by atoms with E-state index in [4.69, 9.17) is 4.74 Å². The molecule has 3 aromatic rings. The van der Waals surface area contributed by atoms with Crippen LogP contribution in [0, 0.1) is 13.0 Å². The highest BCUT2D eigenvalue weighted by atomic mass is 16.5. The Balaban J connectivity index is 1.97. The molecule has 2 aromatic heterocycles. The lowest BCUT2D eigenvalue weighted by Crippen LogP contribution is -1.89. The van der Waals surface area contributed by atoms with Gasteiger partial charge in [0, 0.05) is 35.4 Å². The van der Waals surface area contributed by atoms with Crippen LogP contribution in [0.2, 0.25) is 0 Å². The molecule has 0 aliphatic rings. The topological polar surface area (TPSA) is 37.9 Å². The molecule has 1 N–H and O–H groups in total. The second kappa shape index (κ2) is 3.94. The van der Waals surface area contributed by atoms with Crippen molar-refractivity contribution in [3.63, 3.8) is 0 Å². The summed E-state index contributed by atoms with van der Waals surface area (Å²) in [6, 6.07) is 12.7. The van der Waals surface area contributed by atoms with Crippen LogP contribution in [0.5, 0.6) is 11.5 Å². The fourth-order valence-corrected chi connectivity index (χ4v) is 1.73. The molecule has 0 saturated carbocycles. The molecule has 0 aliphatic carbocycles. The number of aryl methyl sites for hydroxylation is 1. The summed E-state index contributed by atoms with van der Waals surface area (Å²) in [6.45, 7) is 1.93. The standard InChI is InChI=1S/C14H11N2O/c1-10-14(3-2-7-15-10)17-12-5-4-11-6-8-16-13(11)9-12/h2-5,7-9,16H,1H3. The lowest BCUT2D eigenvalue weighted by molar-refractivity contribution is 0.476. The van der Waals surface area contributed by atoms with Gasteiger partial charge in [0.2, 0.25) is 0 Å². The number of rotatable bonds is 2. The van der Waals surface area contributed by atoms with Crippen LogP contribution in [0.3, 0.4) is 0 Å². The second-order valence-electron chi connectivity index (χ2n) is 3.83. The Kier molecular flexibility index (Phi) is 2.29. The van der Waals surface area contributed by atoms with E-state index in [1.807, 2.05) is 37.3 Å². The molecule has 3 nitrogen and oxygen atoms in total. The molecule has 0 fully saturated rings. The van der Waals surface area contributed by atoms with Crippen molar-refractivity contribution in [3.05, 3.63) is 54.5 Å². The molecule has 3 heteroatoms. The van der Waals surface area contributed by atoms with Crippen LogP contribution in [0.25, 0.3) is 10.9 Å². The Hall–Kier alpha value is -2.29. The van der Waals surface area contributed by atoms with E-state index in [-0.39, 0.29) is 0 Å². The molecule has 0 saturated heterocycles. The van der Waals surface area contributed by atoms with Crippen molar-refractivity contribution in [1.82, 2.24) is 9.97 Å². The summed E-state index contributed by atoms with van der Waals surface area (Å²) >= 11 is 0. The largest absolute Gasteiger partial charge is 0.455 e. The van der Waals surface area contributed by atoms with Crippen molar-refractivity contribution in [2.45, 2.75) is 6.92 Å². The van der Waals surface area contributed by atoms with Gasteiger partial charge in [-0.2, -0.15) is 0 Å². The molecule has 0 atom stereocenters. The van der Waals surface area contributed by atoms with Crippen molar-refractivity contribution >= 4 is 10.9 Å². The SMILES string of the molecule is Cc1ncccc1Oc1ccc2[c]c[nH]c2c1. The minimum Gasteiger partial charge on any atom is -0.455 e. The van der Waals surface area contributed by atoms with Crippen molar-refractivity contribution in [2.75, 3.05) is 0 Å². The normalized spacial score (nSPS) is 10.6. The maximum absolute atomic E-state index is 5.79. The van der Waals surface area contributed by atoms with Gasteiger partial charge < -0.3 is 9.72 Å². The lowest BCUT2D eigenvalue weighted by atomic mass is 10.2. The number of hydrogen-bond acceptors (Lipinski definition) is 2. The van der Waals surface area contributed by atoms with E-state index in [9.17, 15) is 0 Å². The number of hydrogen-bond donors (Lipinski definition) is 1. The van der Waals surface area contributed by atoms with Gasteiger partial charge >= 0.3 is 0 Å². The first-order valence-electron chi connectivity index (χ1n) is 5.41. The van der Waals surface area contributed by atoms with Crippen LogP contribution in [0.15, 0.2) is 42.7 Å². The first-order chi connectivity index (χ1) is 8.33. The molecule has 0 amide bonds. The molecular formula is C14H11N2O. The minimum atomic E-state index is 0.780. The molecule has 0 spiro atoms. The third kappa shape index (κ3) is 1.87. The fourth-order valence-electron chi connectivity index (χ4n) is 1.73. The smallest absolute Gasteiger partial charge is 0.148 e. The predicted molar refractivity (Wildman–Crippen MR) is 66.2 cm³/mol. The van der Waals surface area contributed by atoms with Crippen LogP contribution in [-0.4, -0.2) is 9.97 Å². The molecule has 1 radical (unpaired) electrons. The molecule has 0 unspecified atom stereocenters. The van der Waals surface area contributed by atoms with Gasteiger partial charge in [0.15, 0.2) is 0 Å². The zero-order chi connectivity index (χ0) is 11.7. The third-order valence-electron chi connectivity index (χ3n) is 2.63. The number of aromatic nitrogens is 2. The van der Waals surface area contributed by atoms with Crippen LogP contribution in [-0.2, 0) is 0 Å². The third-order valence-corrected chi connectivity index (χ3v) is 2.63. The maximum Gasteiger partial charge on any atom is 0.148 e. The average Bonchev–Trinajstić information content (AvgIpc) is 2.79. The van der Waals surface area contributed by atoms with Crippen LogP contribution >= 0.6 is 0 Å². The van der Waals surface area contributed by atoms with Crippen molar-refractivity contribution < 1.29 is 4.74 Å². The molecule has 3 rings (SSSR count). The summed E-state index contributed by atoms with van der Waals surface area (Å²) < 4.78 is 5.79.